The Balaban J connectivity index is 1.59. The van der Waals surface area contributed by atoms with Crippen LogP contribution in [0.1, 0.15) is 18.7 Å². The zero-order valence-electron chi connectivity index (χ0n) is 14.9. The van der Waals surface area contributed by atoms with Gasteiger partial charge in [-0.15, -0.1) is 0 Å². The van der Waals surface area contributed by atoms with Gasteiger partial charge >= 0.3 is 0 Å². The summed E-state index contributed by atoms with van der Waals surface area (Å²) >= 11 is 0. The second-order valence-electron chi connectivity index (χ2n) is 6.39. The summed E-state index contributed by atoms with van der Waals surface area (Å²) in [5.74, 6) is 4.09. The third-order valence-electron chi connectivity index (χ3n) is 4.38. The van der Waals surface area contributed by atoms with Gasteiger partial charge in [-0.2, -0.15) is 0 Å². The van der Waals surface area contributed by atoms with Gasteiger partial charge in [0.15, 0.2) is 5.75 Å². The fraction of sp³-hybridized carbons (Fsp3) is 0.238. The van der Waals surface area contributed by atoms with Crippen LogP contribution in [0, 0.1) is 6.92 Å². The lowest BCUT2D eigenvalue weighted by molar-refractivity contribution is 0.485. The molecule has 0 amide bonds. The SMILES string of the molecule is Cc1nc(Nc2ccccc2Oc2ccccc2)cc(N2CCCC2)n1. The van der Waals surface area contributed by atoms with Crippen LogP contribution >= 0.6 is 0 Å². The molecule has 1 N–H and O–H groups in total. The first-order chi connectivity index (χ1) is 12.8. The van der Waals surface area contributed by atoms with Crippen LogP contribution < -0.4 is 15.0 Å². The zero-order valence-corrected chi connectivity index (χ0v) is 14.9. The van der Waals surface area contributed by atoms with Gasteiger partial charge in [-0.05, 0) is 44.0 Å². The second kappa shape index (κ2) is 7.44. The van der Waals surface area contributed by atoms with E-state index in [1.807, 2.05) is 67.6 Å². The van der Waals surface area contributed by atoms with Crippen LogP contribution in [0.15, 0.2) is 60.7 Å². The van der Waals surface area contributed by atoms with E-state index in [1.54, 1.807) is 0 Å². The smallest absolute Gasteiger partial charge is 0.150 e. The number of aryl methyl sites for hydroxylation is 1. The van der Waals surface area contributed by atoms with Crippen molar-refractivity contribution in [3.05, 3.63) is 66.5 Å². The first-order valence-electron chi connectivity index (χ1n) is 8.97. The van der Waals surface area contributed by atoms with Crippen molar-refractivity contribution in [3.63, 3.8) is 0 Å². The number of para-hydroxylation sites is 3. The predicted octanol–water partition coefficient (Wildman–Crippen LogP) is 4.92. The third-order valence-corrected chi connectivity index (χ3v) is 4.38. The monoisotopic (exact) mass is 346 g/mol. The van der Waals surface area contributed by atoms with Gasteiger partial charge in [0.05, 0.1) is 5.69 Å². The number of anilines is 3. The number of nitrogens with one attached hydrogen (secondary N) is 1. The van der Waals surface area contributed by atoms with Gasteiger partial charge in [-0.25, -0.2) is 9.97 Å². The quantitative estimate of drug-likeness (QED) is 0.710. The molecule has 0 atom stereocenters. The lowest BCUT2D eigenvalue weighted by atomic mass is 10.3. The third kappa shape index (κ3) is 3.77. The van der Waals surface area contributed by atoms with Gasteiger partial charge in [0.2, 0.25) is 0 Å². The summed E-state index contributed by atoms with van der Waals surface area (Å²) in [6, 6.07) is 19.7. The average Bonchev–Trinajstić information content (AvgIpc) is 3.19. The summed E-state index contributed by atoms with van der Waals surface area (Å²) in [6.07, 6.45) is 2.44. The Kier molecular flexibility index (Phi) is 4.69. The van der Waals surface area contributed by atoms with Crippen molar-refractivity contribution in [2.24, 2.45) is 0 Å². The van der Waals surface area contributed by atoms with Crippen LogP contribution in [0.4, 0.5) is 17.3 Å². The minimum absolute atomic E-state index is 0.762. The van der Waals surface area contributed by atoms with Crippen molar-refractivity contribution in [2.75, 3.05) is 23.3 Å². The minimum atomic E-state index is 0.762. The first kappa shape index (κ1) is 16.4. The molecule has 1 aromatic heterocycles. The number of hydrogen-bond acceptors (Lipinski definition) is 5. The number of aromatic nitrogens is 2. The Morgan fingerprint density at radius 2 is 1.65 bits per heavy atom. The highest BCUT2D eigenvalue weighted by Gasteiger charge is 2.15. The number of rotatable bonds is 5. The van der Waals surface area contributed by atoms with Gasteiger partial charge in [0.25, 0.3) is 0 Å². The standard InChI is InChI=1S/C21H22N4O/c1-16-22-20(15-21(23-16)25-13-7-8-14-25)24-18-11-5-6-12-19(18)26-17-9-3-2-4-10-17/h2-6,9-12,15H,7-8,13-14H2,1H3,(H,22,23,24). The first-order valence-corrected chi connectivity index (χ1v) is 8.97. The van der Waals surface area contributed by atoms with Crippen LogP contribution in [0.5, 0.6) is 11.5 Å². The normalized spacial score (nSPS) is 13.7. The number of hydrogen-bond donors (Lipinski definition) is 1. The molecule has 5 nitrogen and oxygen atoms in total. The maximum absolute atomic E-state index is 6.03. The lowest BCUT2D eigenvalue weighted by Crippen LogP contribution is -2.19. The Morgan fingerprint density at radius 3 is 2.46 bits per heavy atom. The molecule has 1 saturated heterocycles. The molecule has 3 aromatic rings. The van der Waals surface area contributed by atoms with Crippen LogP contribution in [0.3, 0.4) is 0 Å². The molecule has 1 aliphatic rings. The molecule has 0 radical (unpaired) electrons. The van der Waals surface area contributed by atoms with Gasteiger partial charge in [0.1, 0.15) is 23.2 Å². The van der Waals surface area contributed by atoms with E-state index in [2.05, 4.69) is 20.2 Å². The molecule has 0 aliphatic carbocycles. The molecule has 2 heterocycles. The Bertz CT molecular complexity index is 876. The summed E-state index contributed by atoms with van der Waals surface area (Å²) in [6.45, 7) is 4.05. The Morgan fingerprint density at radius 1 is 0.923 bits per heavy atom. The largest absolute Gasteiger partial charge is 0.455 e. The average molecular weight is 346 g/mol. The van der Waals surface area contributed by atoms with Gasteiger partial charge < -0.3 is 15.0 Å². The summed E-state index contributed by atoms with van der Waals surface area (Å²) in [5.41, 5.74) is 0.877. The Labute approximate surface area is 153 Å². The van der Waals surface area contributed by atoms with E-state index in [0.717, 1.165) is 47.7 Å². The molecule has 0 unspecified atom stereocenters. The van der Waals surface area contributed by atoms with Gasteiger partial charge in [-0.3, -0.25) is 0 Å². The van der Waals surface area contributed by atoms with Gasteiger partial charge in [0, 0.05) is 19.2 Å². The number of benzene rings is 2. The number of ether oxygens (including phenoxy) is 1. The molecule has 4 rings (SSSR count). The van der Waals surface area contributed by atoms with E-state index in [0.29, 0.717) is 0 Å². The second-order valence-corrected chi connectivity index (χ2v) is 6.39. The summed E-state index contributed by atoms with van der Waals surface area (Å²) < 4.78 is 6.03. The summed E-state index contributed by atoms with van der Waals surface area (Å²) in [4.78, 5) is 11.4. The molecule has 1 fully saturated rings. The molecule has 132 valence electrons. The highest BCUT2D eigenvalue weighted by atomic mass is 16.5. The highest BCUT2D eigenvalue weighted by Crippen LogP contribution is 2.31. The molecule has 0 spiro atoms. The van der Waals surface area contributed by atoms with E-state index in [4.69, 9.17) is 4.74 Å². The van der Waals surface area contributed by atoms with Crippen molar-refractivity contribution in [1.82, 2.24) is 9.97 Å². The van der Waals surface area contributed by atoms with Crippen molar-refractivity contribution in [3.8, 4) is 11.5 Å². The van der Waals surface area contributed by atoms with Gasteiger partial charge in [-0.1, -0.05) is 30.3 Å². The fourth-order valence-corrected chi connectivity index (χ4v) is 3.14. The molecule has 1 aliphatic heterocycles. The van der Waals surface area contributed by atoms with Crippen LogP contribution in [-0.4, -0.2) is 23.1 Å². The van der Waals surface area contributed by atoms with E-state index in [-0.39, 0.29) is 0 Å². The maximum atomic E-state index is 6.03. The zero-order chi connectivity index (χ0) is 17.8. The van der Waals surface area contributed by atoms with Crippen LogP contribution in [-0.2, 0) is 0 Å². The fourth-order valence-electron chi connectivity index (χ4n) is 3.14. The molecule has 5 heteroatoms. The molecular weight excluding hydrogens is 324 g/mol. The predicted molar refractivity (Wildman–Crippen MR) is 104 cm³/mol. The van der Waals surface area contributed by atoms with Crippen molar-refractivity contribution >= 4 is 17.3 Å². The van der Waals surface area contributed by atoms with Crippen LogP contribution in [0.25, 0.3) is 0 Å². The molecule has 2 aromatic carbocycles. The topological polar surface area (TPSA) is 50.3 Å². The summed E-state index contributed by atoms with van der Waals surface area (Å²) in [7, 11) is 0. The van der Waals surface area contributed by atoms with Crippen molar-refractivity contribution in [1.29, 1.82) is 0 Å². The summed E-state index contributed by atoms with van der Waals surface area (Å²) in [5, 5.41) is 3.39. The van der Waals surface area contributed by atoms with Crippen molar-refractivity contribution < 1.29 is 4.74 Å². The van der Waals surface area contributed by atoms with E-state index < -0.39 is 0 Å². The molecule has 0 bridgehead atoms. The highest BCUT2D eigenvalue weighted by molar-refractivity contribution is 5.66. The molecule has 26 heavy (non-hydrogen) atoms. The Hall–Kier alpha value is -3.08. The van der Waals surface area contributed by atoms with E-state index >= 15 is 0 Å². The number of nitrogens with zero attached hydrogens (tertiary/aromatic N) is 3. The molecule has 0 saturated carbocycles. The molecular formula is C21H22N4O. The maximum Gasteiger partial charge on any atom is 0.150 e. The lowest BCUT2D eigenvalue weighted by Gasteiger charge is -2.18. The van der Waals surface area contributed by atoms with E-state index in [9.17, 15) is 0 Å². The van der Waals surface area contributed by atoms with Crippen molar-refractivity contribution in [2.45, 2.75) is 19.8 Å². The van der Waals surface area contributed by atoms with Crippen LogP contribution in [0.2, 0.25) is 0 Å². The minimum Gasteiger partial charge on any atom is -0.455 e. The van der Waals surface area contributed by atoms with E-state index in [1.165, 1.54) is 12.8 Å².